The molecule has 0 bridgehead atoms. The van der Waals surface area contributed by atoms with Gasteiger partial charge in [0.15, 0.2) is 0 Å². The number of amides is 2. The minimum absolute atomic E-state index is 0.0488. The maximum atomic E-state index is 13.1. The maximum Gasteiger partial charge on any atom is 0.255 e. The van der Waals surface area contributed by atoms with Gasteiger partial charge in [0, 0.05) is 43.6 Å². The first kappa shape index (κ1) is 21.7. The molecule has 0 fully saturated rings. The van der Waals surface area contributed by atoms with Crippen molar-refractivity contribution in [2.75, 3.05) is 42.4 Å². The first-order chi connectivity index (χ1) is 14.1. The molecule has 1 aliphatic rings. The van der Waals surface area contributed by atoms with Gasteiger partial charge in [-0.2, -0.15) is 0 Å². The third-order valence-corrected chi connectivity index (χ3v) is 5.11. The molecule has 0 spiro atoms. The Labute approximate surface area is 178 Å². The summed E-state index contributed by atoms with van der Waals surface area (Å²) < 4.78 is 6.00. The Hall–Kier alpha value is -3.02. The molecule has 0 aliphatic carbocycles. The van der Waals surface area contributed by atoms with Crippen molar-refractivity contribution in [3.63, 3.8) is 0 Å². The molecule has 1 N–H and O–H groups in total. The fourth-order valence-electron chi connectivity index (χ4n) is 3.39. The summed E-state index contributed by atoms with van der Waals surface area (Å²) in [6.45, 7) is 8.87. The number of ether oxygens (including phenoxy) is 1. The smallest absolute Gasteiger partial charge is 0.255 e. The number of fused-ring (bicyclic) bond motifs is 1. The number of carbonyl (C=O) groups excluding carboxylic acids is 2. The summed E-state index contributed by atoms with van der Waals surface area (Å²) in [6, 6.07) is 12.9. The minimum atomic E-state index is -0.620. The number of nitrogens with zero attached hydrogens (tertiary/aromatic N) is 2. The van der Waals surface area contributed by atoms with Crippen LogP contribution in [0.4, 0.5) is 17.1 Å². The van der Waals surface area contributed by atoms with Gasteiger partial charge in [-0.25, -0.2) is 0 Å². The lowest BCUT2D eigenvalue weighted by molar-refractivity contribution is -0.127. The zero-order chi connectivity index (χ0) is 22.1. The number of carbonyl (C=O) groups is 2. The Morgan fingerprint density at radius 2 is 1.83 bits per heavy atom. The second-order valence-electron chi connectivity index (χ2n) is 9.06. The van der Waals surface area contributed by atoms with Crippen LogP contribution in [0.3, 0.4) is 0 Å². The van der Waals surface area contributed by atoms with Gasteiger partial charge in [0.2, 0.25) is 5.91 Å². The SMILES string of the molecule is CC(C)CN1C(=O)C(C)(C)COc2cc(NC(=O)c3ccc(N(C)C)cc3)ccc21. The highest BCUT2D eigenvalue weighted by atomic mass is 16.5. The Bertz CT molecular complexity index is 933. The van der Waals surface area contributed by atoms with Gasteiger partial charge in [0.1, 0.15) is 12.4 Å². The lowest BCUT2D eigenvalue weighted by atomic mass is 9.92. The normalized spacial score (nSPS) is 15.3. The number of benzene rings is 2. The van der Waals surface area contributed by atoms with Gasteiger partial charge in [-0.15, -0.1) is 0 Å². The van der Waals surface area contributed by atoms with Crippen LogP contribution in [0.2, 0.25) is 0 Å². The van der Waals surface area contributed by atoms with E-state index in [1.807, 2.05) is 57.1 Å². The maximum absolute atomic E-state index is 13.1. The molecular weight excluding hydrogens is 378 g/mol. The first-order valence-corrected chi connectivity index (χ1v) is 10.3. The quantitative estimate of drug-likeness (QED) is 0.794. The summed E-state index contributed by atoms with van der Waals surface area (Å²) in [5, 5.41) is 2.93. The average Bonchev–Trinajstić information content (AvgIpc) is 2.78. The molecule has 0 atom stereocenters. The van der Waals surface area contributed by atoms with E-state index in [-0.39, 0.29) is 18.4 Å². The van der Waals surface area contributed by atoms with E-state index in [4.69, 9.17) is 4.74 Å². The second kappa shape index (κ2) is 8.38. The lowest BCUT2D eigenvalue weighted by Gasteiger charge is -2.29. The van der Waals surface area contributed by atoms with Crippen LogP contribution < -0.4 is 19.9 Å². The Morgan fingerprint density at radius 3 is 2.43 bits per heavy atom. The summed E-state index contributed by atoms with van der Waals surface area (Å²) in [5.41, 5.74) is 2.36. The third kappa shape index (κ3) is 4.58. The van der Waals surface area contributed by atoms with Gasteiger partial charge in [-0.1, -0.05) is 13.8 Å². The molecular formula is C24H31N3O3. The standard InChI is InChI=1S/C24H31N3O3/c1-16(2)14-27-20-12-9-18(13-21(20)30-15-24(3,4)23(27)29)25-22(28)17-7-10-19(11-8-17)26(5)6/h7-13,16H,14-15H2,1-6H3,(H,25,28). The number of hydrogen-bond donors (Lipinski definition) is 1. The number of hydrogen-bond acceptors (Lipinski definition) is 4. The predicted molar refractivity (Wildman–Crippen MR) is 122 cm³/mol. The highest BCUT2D eigenvalue weighted by Crippen LogP contribution is 2.38. The van der Waals surface area contributed by atoms with Crippen LogP contribution in [0.15, 0.2) is 42.5 Å². The molecule has 0 unspecified atom stereocenters. The van der Waals surface area contributed by atoms with Crippen LogP contribution in [-0.4, -0.2) is 39.1 Å². The average molecular weight is 410 g/mol. The molecule has 0 saturated carbocycles. The first-order valence-electron chi connectivity index (χ1n) is 10.3. The van der Waals surface area contributed by atoms with Gasteiger partial charge in [0.25, 0.3) is 5.91 Å². The van der Waals surface area contributed by atoms with Crippen molar-refractivity contribution >= 4 is 28.9 Å². The van der Waals surface area contributed by atoms with E-state index in [0.717, 1.165) is 11.4 Å². The van der Waals surface area contributed by atoms with Crippen molar-refractivity contribution in [3.8, 4) is 5.75 Å². The Balaban J connectivity index is 1.85. The number of rotatable bonds is 5. The zero-order valence-electron chi connectivity index (χ0n) is 18.7. The van der Waals surface area contributed by atoms with E-state index >= 15 is 0 Å². The molecule has 6 heteroatoms. The molecule has 1 heterocycles. The Morgan fingerprint density at radius 1 is 1.17 bits per heavy atom. The monoisotopic (exact) mass is 409 g/mol. The molecule has 2 aromatic carbocycles. The molecule has 0 radical (unpaired) electrons. The van der Waals surface area contributed by atoms with Crippen molar-refractivity contribution in [2.24, 2.45) is 11.3 Å². The molecule has 0 saturated heterocycles. The Kier molecular flexibility index (Phi) is 6.06. The highest BCUT2D eigenvalue weighted by Gasteiger charge is 2.38. The van der Waals surface area contributed by atoms with Crippen molar-refractivity contribution < 1.29 is 14.3 Å². The molecule has 2 aromatic rings. The van der Waals surface area contributed by atoms with E-state index in [2.05, 4.69) is 19.2 Å². The van der Waals surface area contributed by atoms with E-state index < -0.39 is 5.41 Å². The van der Waals surface area contributed by atoms with Crippen molar-refractivity contribution in [2.45, 2.75) is 27.7 Å². The molecule has 6 nitrogen and oxygen atoms in total. The molecule has 1 aliphatic heterocycles. The van der Waals surface area contributed by atoms with Gasteiger partial charge >= 0.3 is 0 Å². The second-order valence-corrected chi connectivity index (χ2v) is 9.06. The van der Waals surface area contributed by atoms with Gasteiger partial charge in [0.05, 0.1) is 11.1 Å². The van der Waals surface area contributed by atoms with Crippen LogP contribution in [0.1, 0.15) is 38.1 Å². The summed E-state index contributed by atoms with van der Waals surface area (Å²) in [6.07, 6.45) is 0. The van der Waals surface area contributed by atoms with Gasteiger partial charge in [-0.3, -0.25) is 9.59 Å². The fourth-order valence-corrected chi connectivity index (χ4v) is 3.39. The summed E-state index contributed by atoms with van der Waals surface area (Å²) in [7, 11) is 3.92. The third-order valence-electron chi connectivity index (χ3n) is 5.11. The highest BCUT2D eigenvalue weighted by molar-refractivity contribution is 6.05. The predicted octanol–water partition coefficient (Wildman–Crippen LogP) is 4.41. The van der Waals surface area contributed by atoms with Crippen LogP contribution >= 0.6 is 0 Å². The van der Waals surface area contributed by atoms with E-state index in [0.29, 0.717) is 29.5 Å². The van der Waals surface area contributed by atoms with Crippen LogP contribution in [0, 0.1) is 11.3 Å². The van der Waals surface area contributed by atoms with Crippen molar-refractivity contribution in [1.82, 2.24) is 0 Å². The number of anilines is 3. The van der Waals surface area contributed by atoms with Gasteiger partial charge in [-0.05, 0) is 56.2 Å². The topological polar surface area (TPSA) is 61.9 Å². The molecule has 2 amide bonds. The molecule has 0 aromatic heterocycles. The van der Waals surface area contributed by atoms with Crippen LogP contribution in [0.5, 0.6) is 5.75 Å². The van der Waals surface area contributed by atoms with Crippen LogP contribution in [-0.2, 0) is 4.79 Å². The fraction of sp³-hybridized carbons (Fsp3) is 0.417. The number of nitrogens with one attached hydrogen (secondary N) is 1. The van der Waals surface area contributed by atoms with Crippen LogP contribution in [0.25, 0.3) is 0 Å². The zero-order valence-corrected chi connectivity index (χ0v) is 18.7. The van der Waals surface area contributed by atoms with E-state index in [9.17, 15) is 9.59 Å². The van der Waals surface area contributed by atoms with E-state index in [1.165, 1.54) is 0 Å². The summed E-state index contributed by atoms with van der Waals surface area (Å²) >= 11 is 0. The van der Waals surface area contributed by atoms with E-state index in [1.54, 1.807) is 23.1 Å². The molecule has 3 rings (SSSR count). The van der Waals surface area contributed by atoms with Crippen molar-refractivity contribution in [1.29, 1.82) is 0 Å². The van der Waals surface area contributed by atoms with Crippen molar-refractivity contribution in [3.05, 3.63) is 48.0 Å². The lowest BCUT2D eigenvalue weighted by Crippen LogP contribution is -2.43. The minimum Gasteiger partial charge on any atom is -0.490 e. The molecule has 160 valence electrons. The van der Waals surface area contributed by atoms with Gasteiger partial charge < -0.3 is 19.9 Å². The largest absolute Gasteiger partial charge is 0.490 e. The summed E-state index contributed by atoms with van der Waals surface area (Å²) in [4.78, 5) is 29.5. The summed E-state index contributed by atoms with van der Waals surface area (Å²) in [5.74, 6) is 0.785. The molecule has 30 heavy (non-hydrogen) atoms.